The maximum Gasteiger partial charge on any atom is 0.184 e. The first-order chi connectivity index (χ1) is 9.70. The van der Waals surface area contributed by atoms with Crippen LogP contribution in [0.2, 0.25) is 0 Å². The van der Waals surface area contributed by atoms with E-state index in [1.807, 2.05) is 0 Å². The van der Waals surface area contributed by atoms with Gasteiger partial charge in [0.1, 0.15) is 11.3 Å². The number of nitrogens with zero attached hydrogens (tertiary/aromatic N) is 4. The molecule has 2 heterocycles. The lowest BCUT2D eigenvalue weighted by Crippen LogP contribution is -2.07. The number of rotatable bonds is 3. The van der Waals surface area contributed by atoms with E-state index in [0.717, 1.165) is 6.07 Å². The summed E-state index contributed by atoms with van der Waals surface area (Å²) >= 11 is 5.83. The molecule has 0 N–H and O–H groups in total. The van der Waals surface area contributed by atoms with E-state index in [9.17, 15) is 8.78 Å². The fraction of sp³-hybridized carbons (Fsp3) is 0.154. The normalized spacial score (nSPS) is 11.2. The Bertz CT molecular complexity index is 758. The van der Waals surface area contributed by atoms with Gasteiger partial charge in [0.15, 0.2) is 11.6 Å². The maximum atomic E-state index is 14.0. The van der Waals surface area contributed by atoms with E-state index < -0.39 is 11.6 Å². The number of imidazole rings is 1. The van der Waals surface area contributed by atoms with Crippen molar-refractivity contribution in [3.05, 3.63) is 53.6 Å². The molecule has 1 aromatic carbocycles. The zero-order chi connectivity index (χ0) is 14.1. The average Bonchev–Trinajstić information content (AvgIpc) is 2.83. The molecular weight excluding hydrogens is 286 g/mol. The smallest absolute Gasteiger partial charge is 0.184 e. The molecule has 20 heavy (non-hydrogen) atoms. The molecular formula is C13H9ClF2N4. The summed E-state index contributed by atoms with van der Waals surface area (Å²) < 4.78 is 28.9. The van der Waals surface area contributed by atoms with Gasteiger partial charge in [-0.15, -0.1) is 11.6 Å². The molecule has 0 spiro atoms. The molecule has 0 atom stereocenters. The number of hydrogen-bond acceptors (Lipinski definition) is 3. The van der Waals surface area contributed by atoms with Crippen molar-refractivity contribution in [2.75, 3.05) is 0 Å². The van der Waals surface area contributed by atoms with Crippen molar-refractivity contribution in [3.8, 4) is 0 Å². The van der Waals surface area contributed by atoms with Crippen molar-refractivity contribution in [3.63, 3.8) is 0 Å². The third-order valence-corrected chi connectivity index (χ3v) is 3.18. The van der Waals surface area contributed by atoms with Gasteiger partial charge in [0, 0.05) is 6.20 Å². The minimum absolute atomic E-state index is 0.0892. The molecule has 3 aromatic rings. The molecule has 0 aliphatic rings. The first-order valence-corrected chi connectivity index (χ1v) is 6.40. The Kier molecular flexibility index (Phi) is 3.31. The summed E-state index contributed by atoms with van der Waals surface area (Å²) in [5.74, 6) is -1.30. The molecule has 0 aliphatic carbocycles. The first-order valence-electron chi connectivity index (χ1n) is 5.86. The second kappa shape index (κ2) is 5.13. The van der Waals surface area contributed by atoms with Gasteiger partial charge in [0.05, 0.1) is 23.6 Å². The summed E-state index contributed by atoms with van der Waals surface area (Å²) in [6.45, 7) is 0.229. The van der Waals surface area contributed by atoms with Gasteiger partial charge in [-0.3, -0.25) is 0 Å². The molecule has 0 fully saturated rings. The summed E-state index contributed by atoms with van der Waals surface area (Å²) in [5.41, 5.74) is 1.07. The van der Waals surface area contributed by atoms with Gasteiger partial charge in [-0.25, -0.2) is 13.8 Å². The van der Waals surface area contributed by atoms with E-state index in [1.165, 1.54) is 16.8 Å². The van der Waals surface area contributed by atoms with Crippen LogP contribution in [0.1, 0.15) is 11.5 Å². The Balaban J connectivity index is 2.19. The minimum atomic E-state index is -0.935. The summed E-state index contributed by atoms with van der Waals surface area (Å²) in [6.07, 6.45) is 1.54. The first kappa shape index (κ1) is 12.9. The summed E-state index contributed by atoms with van der Waals surface area (Å²) in [5, 5.41) is 7.69. The highest BCUT2D eigenvalue weighted by Crippen LogP contribution is 2.23. The van der Waals surface area contributed by atoms with Crippen molar-refractivity contribution >= 4 is 22.6 Å². The Morgan fingerprint density at radius 1 is 1.20 bits per heavy atom. The predicted molar refractivity (Wildman–Crippen MR) is 70.3 cm³/mol. The van der Waals surface area contributed by atoms with E-state index >= 15 is 0 Å². The molecule has 0 unspecified atom stereocenters. The van der Waals surface area contributed by atoms with Crippen molar-refractivity contribution in [2.45, 2.75) is 12.4 Å². The van der Waals surface area contributed by atoms with Gasteiger partial charge in [0.25, 0.3) is 0 Å². The zero-order valence-corrected chi connectivity index (χ0v) is 11.0. The van der Waals surface area contributed by atoms with Crippen molar-refractivity contribution < 1.29 is 8.78 Å². The Morgan fingerprint density at radius 3 is 2.75 bits per heavy atom. The molecule has 7 heteroatoms. The van der Waals surface area contributed by atoms with Gasteiger partial charge in [0.2, 0.25) is 0 Å². The lowest BCUT2D eigenvalue weighted by Gasteiger charge is -2.07. The zero-order valence-electron chi connectivity index (χ0n) is 10.2. The molecule has 0 saturated carbocycles. The van der Waals surface area contributed by atoms with Gasteiger partial charge in [-0.1, -0.05) is 0 Å². The summed E-state index contributed by atoms with van der Waals surface area (Å²) in [6, 6.07) is 5.94. The second-order valence-electron chi connectivity index (χ2n) is 4.19. The highest BCUT2D eigenvalue weighted by Gasteiger charge is 2.17. The topological polar surface area (TPSA) is 43.6 Å². The quantitative estimate of drug-likeness (QED) is 0.698. The van der Waals surface area contributed by atoms with Gasteiger partial charge in [-0.05, 0) is 24.3 Å². The van der Waals surface area contributed by atoms with Crippen LogP contribution in [0.15, 0.2) is 30.5 Å². The van der Waals surface area contributed by atoms with E-state index in [4.69, 9.17) is 11.6 Å². The van der Waals surface area contributed by atoms with Crippen LogP contribution in [0.5, 0.6) is 0 Å². The molecule has 2 aromatic heterocycles. The van der Waals surface area contributed by atoms with Crippen LogP contribution in [0.3, 0.4) is 0 Å². The predicted octanol–water partition coefficient (Wildman–Crippen LogP) is 2.89. The Hall–Kier alpha value is -2.08. The molecule has 0 amide bonds. The maximum absolute atomic E-state index is 14.0. The van der Waals surface area contributed by atoms with E-state index in [-0.39, 0.29) is 17.9 Å². The third kappa shape index (κ3) is 2.12. The van der Waals surface area contributed by atoms with Crippen molar-refractivity contribution in [2.24, 2.45) is 0 Å². The fourth-order valence-electron chi connectivity index (χ4n) is 2.06. The molecule has 0 saturated heterocycles. The number of fused-ring (bicyclic) bond motifs is 1. The minimum Gasteiger partial charge on any atom is -0.318 e. The van der Waals surface area contributed by atoms with Crippen LogP contribution >= 0.6 is 11.6 Å². The van der Waals surface area contributed by atoms with Crippen LogP contribution in [0, 0.1) is 11.6 Å². The van der Waals surface area contributed by atoms with Crippen molar-refractivity contribution in [1.82, 2.24) is 19.7 Å². The number of benzene rings is 1. The molecule has 3 rings (SSSR count). The summed E-state index contributed by atoms with van der Waals surface area (Å²) in [4.78, 5) is 4.21. The van der Waals surface area contributed by atoms with Crippen molar-refractivity contribution in [1.29, 1.82) is 0 Å². The second-order valence-corrected chi connectivity index (χ2v) is 4.46. The van der Waals surface area contributed by atoms with Crippen LogP contribution in [-0.2, 0) is 12.4 Å². The Labute approximate surface area is 118 Å². The van der Waals surface area contributed by atoms with Crippen LogP contribution in [0.25, 0.3) is 11.0 Å². The summed E-state index contributed by atoms with van der Waals surface area (Å²) in [7, 11) is 0. The fourth-order valence-corrected chi connectivity index (χ4v) is 2.26. The molecule has 0 aliphatic heterocycles. The lowest BCUT2D eigenvalue weighted by molar-refractivity contribution is 0.511. The molecule has 0 bridgehead atoms. The number of aromatic nitrogens is 4. The standard InChI is InChI=1S/C13H9ClF2N4/c14-6-11-18-10-4-3-9(15)12(16)13(10)20(11)7-8-2-1-5-17-19-8/h1-5H,6-7H2. The highest BCUT2D eigenvalue weighted by molar-refractivity contribution is 6.16. The highest BCUT2D eigenvalue weighted by atomic mass is 35.5. The van der Waals surface area contributed by atoms with Gasteiger partial charge < -0.3 is 4.57 Å². The van der Waals surface area contributed by atoms with Crippen LogP contribution in [-0.4, -0.2) is 19.7 Å². The van der Waals surface area contributed by atoms with Crippen LogP contribution < -0.4 is 0 Å². The third-order valence-electron chi connectivity index (χ3n) is 2.95. The largest absolute Gasteiger partial charge is 0.318 e. The number of halogens is 3. The number of alkyl halides is 1. The van der Waals surface area contributed by atoms with E-state index in [2.05, 4.69) is 15.2 Å². The average molecular weight is 295 g/mol. The monoisotopic (exact) mass is 294 g/mol. The Morgan fingerprint density at radius 2 is 2.05 bits per heavy atom. The van der Waals surface area contributed by atoms with E-state index in [1.54, 1.807) is 12.1 Å². The van der Waals surface area contributed by atoms with Crippen LogP contribution in [0.4, 0.5) is 8.78 Å². The lowest BCUT2D eigenvalue weighted by atomic mass is 10.3. The molecule has 0 radical (unpaired) electrons. The van der Waals surface area contributed by atoms with Gasteiger partial charge in [-0.2, -0.15) is 10.2 Å². The van der Waals surface area contributed by atoms with Gasteiger partial charge >= 0.3 is 0 Å². The SMILES string of the molecule is Fc1ccc2nc(CCl)n(Cc3cccnn3)c2c1F. The molecule has 102 valence electrons. The van der Waals surface area contributed by atoms with E-state index in [0.29, 0.717) is 17.0 Å². The number of hydrogen-bond donors (Lipinski definition) is 0. The molecule has 4 nitrogen and oxygen atoms in total.